The Hall–Kier alpha value is -2.60. The average Bonchev–Trinajstić information content (AvgIpc) is 2.78. The Balaban J connectivity index is 0.000000346. The summed E-state index contributed by atoms with van der Waals surface area (Å²) in [5.41, 5.74) is 8.78. The highest BCUT2D eigenvalue weighted by Gasteiger charge is 2.39. The van der Waals surface area contributed by atoms with Gasteiger partial charge in [-0.3, -0.25) is 0 Å². The lowest BCUT2D eigenvalue weighted by atomic mass is 9.62. The first-order valence-electron chi connectivity index (χ1n) is 10.9. The largest absolute Gasteiger partial charge is 0.0683 e. The van der Waals surface area contributed by atoms with E-state index in [-0.39, 0.29) is 0 Å². The van der Waals surface area contributed by atoms with Crippen LogP contribution in [0.2, 0.25) is 0 Å². The third kappa shape index (κ3) is 2.92. The monoisotopic (exact) mass is 368 g/mol. The van der Waals surface area contributed by atoms with Crippen molar-refractivity contribution in [1.82, 2.24) is 0 Å². The van der Waals surface area contributed by atoms with E-state index in [1.165, 1.54) is 38.3 Å². The van der Waals surface area contributed by atoms with E-state index < -0.39 is 0 Å². The van der Waals surface area contributed by atoms with Crippen LogP contribution in [-0.2, 0) is 0 Å². The van der Waals surface area contributed by atoms with Gasteiger partial charge in [0, 0.05) is 11.8 Å². The van der Waals surface area contributed by atoms with E-state index >= 15 is 0 Å². The van der Waals surface area contributed by atoms with Crippen LogP contribution in [0.1, 0.15) is 47.1 Å². The van der Waals surface area contributed by atoms with Crippen molar-refractivity contribution in [1.29, 1.82) is 0 Å². The Morgan fingerprint density at radius 2 is 1.18 bits per heavy atom. The maximum Gasteiger partial charge on any atom is 0.0318 e. The molecule has 1 aromatic carbocycles. The first-order valence-corrected chi connectivity index (χ1v) is 10.9. The molecular formula is C28H32. The summed E-state index contributed by atoms with van der Waals surface area (Å²) in [7, 11) is 0. The normalized spacial score (nSPS) is 22.7. The molecule has 144 valence electrons. The number of allylic oxidation sites excluding steroid dienone is 11. The second-order valence-electron chi connectivity index (χ2n) is 6.62. The molecule has 0 aromatic heterocycles. The second-order valence-corrected chi connectivity index (χ2v) is 6.62. The van der Waals surface area contributed by atoms with E-state index in [2.05, 4.69) is 72.9 Å². The minimum absolute atomic E-state index is 0.455. The summed E-state index contributed by atoms with van der Waals surface area (Å²) >= 11 is 0. The summed E-state index contributed by atoms with van der Waals surface area (Å²) in [4.78, 5) is 0. The van der Waals surface area contributed by atoms with Gasteiger partial charge in [-0.25, -0.2) is 0 Å². The summed E-state index contributed by atoms with van der Waals surface area (Å²) in [6.45, 7) is 12.0. The van der Waals surface area contributed by atoms with Crippen molar-refractivity contribution < 1.29 is 0 Å². The van der Waals surface area contributed by atoms with Crippen molar-refractivity contribution in [2.75, 3.05) is 0 Å². The maximum absolute atomic E-state index is 2.41. The van der Waals surface area contributed by atoms with Crippen molar-refractivity contribution >= 4 is 17.7 Å². The molecule has 0 spiro atoms. The molecule has 0 heterocycles. The standard InChI is InChI=1S/C22H14.3C2H6/c1-4-13-10-15-6-2-8-17-12-18-9-3-7-16-11-14(5-1)19(13)22(20(15)17)21(16)18;3*1-2/h1-12,19-20H;3*1-2H3. The molecule has 0 amide bonds. The molecule has 1 aromatic rings. The van der Waals surface area contributed by atoms with E-state index in [4.69, 9.17) is 0 Å². The third-order valence-electron chi connectivity index (χ3n) is 5.51. The topological polar surface area (TPSA) is 0 Å². The van der Waals surface area contributed by atoms with Crippen LogP contribution in [0.5, 0.6) is 0 Å². The molecule has 2 unspecified atom stereocenters. The zero-order valence-corrected chi connectivity index (χ0v) is 18.1. The highest BCUT2D eigenvalue weighted by atomic mass is 14.4. The highest BCUT2D eigenvalue weighted by molar-refractivity contribution is 5.86. The van der Waals surface area contributed by atoms with Crippen LogP contribution in [0.3, 0.4) is 0 Å². The van der Waals surface area contributed by atoms with Crippen molar-refractivity contribution in [3.8, 4) is 0 Å². The highest BCUT2D eigenvalue weighted by Crippen LogP contribution is 2.50. The molecule has 0 fully saturated rings. The molecule has 2 atom stereocenters. The molecule has 0 saturated carbocycles. The lowest BCUT2D eigenvalue weighted by molar-refractivity contribution is 0.788. The molecule has 6 rings (SSSR count). The molecule has 0 nitrogen and oxygen atoms in total. The van der Waals surface area contributed by atoms with E-state index in [1.807, 2.05) is 41.5 Å². The van der Waals surface area contributed by atoms with Gasteiger partial charge in [-0.05, 0) is 43.9 Å². The molecule has 0 bridgehead atoms. The van der Waals surface area contributed by atoms with Crippen LogP contribution in [0.25, 0.3) is 17.7 Å². The summed E-state index contributed by atoms with van der Waals surface area (Å²) in [5, 5.41) is 2.87. The lowest BCUT2D eigenvalue weighted by Crippen LogP contribution is -2.42. The molecule has 0 heteroatoms. The zero-order chi connectivity index (χ0) is 20.3. The van der Waals surface area contributed by atoms with Gasteiger partial charge < -0.3 is 0 Å². The van der Waals surface area contributed by atoms with Crippen LogP contribution in [0.15, 0.2) is 83.0 Å². The predicted octanol–water partition coefficient (Wildman–Crippen LogP) is 6.27. The zero-order valence-electron chi connectivity index (χ0n) is 18.1. The molecule has 0 N–H and O–H groups in total. The lowest BCUT2D eigenvalue weighted by Gasteiger charge is -2.41. The van der Waals surface area contributed by atoms with Gasteiger partial charge in [0.1, 0.15) is 0 Å². The van der Waals surface area contributed by atoms with E-state index in [1.54, 1.807) is 5.57 Å². The van der Waals surface area contributed by atoms with E-state index in [0.29, 0.717) is 11.8 Å². The van der Waals surface area contributed by atoms with E-state index in [0.717, 1.165) is 0 Å². The molecule has 5 aliphatic carbocycles. The number of rotatable bonds is 0. The molecule has 5 aliphatic rings. The van der Waals surface area contributed by atoms with Crippen LogP contribution < -0.4 is 10.4 Å². The first kappa shape index (κ1) is 20.1. The number of hydrogen-bond donors (Lipinski definition) is 0. The molecule has 28 heavy (non-hydrogen) atoms. The van der Waals surface area contributed by atoms with Gasteiger partial charge in [0.05, 0.1) is 0 Å². The Labute approximate surface area is 170 Å². The smallest absolute Gasteiger partial charge is 0.0318 e. The summed E-state index contributed by atoms with van der Waals surface area (Å²) in [6.07, 6.45) is 20.7. The Morgan fingerprint density at radius 3 is 1.82 bits per heavy atom. The predicted molar refractivity (Wildman–Crippen MR) is 125 cm³/mol. The number of benzene rings is 1. The second kappa shape index (κ2) is 8.61. The van der Waals surface area contributed by atoms with Gasteiger partial charge in [0.25, 0.3) is 0 Å². The van der Waals surface area contributed by atoms with Crippen LogP contribution in [0, 0.1) is 11.8 Å². The van der Waals surface area contributed by atoms with Gasteiger partial charge in [0.15, 0.2) is 0 Å². The minimum atomic E-state index is 0.455. The van der Waals surface area contributed by atoms with Crippen LogP contribution in [0.4, 0.5) is 0 Å². The van der Waals surface area contributed by atoms with Gasteiger partial charge in [0.2, 0.25) is 0 Å². The van der Waals surface area contributed by atoms with E-state index in [9.17, 15) is 0 Å². The molecular weight excluding hydrogens is 336 g/mol. The quantitative estimate of drug-likeness (QED) is 0.506. The molecule has 0 aliphatic heterocycles. The SMILES string of the molecule is C1=CC2=CC3=CC=CC4=Cc5cccc6c5=C(C2C(=C1)C=6)C34.CC.CC.CC. The average molecular weight is 369 g/mol. The fourth-order valence-corrected chi connectivity index (χ4v) is 4.72. The van der Waals surface area contributed by atoms with Gasteiger partial charge in [-0.15, -0.1) is 0 Å². The maximum atomic E-state index is 2.41. The van der Waals surface area contributed by atoms with Crippen LogP contribution >= 0.6 is 0 Å². The van der Waals surface area contributed by atoms with Crippen molar-refractivity contribution in [2.45, 2.75) is 41.5 Å². The number of hydrogen-bond acceptors (Lipinski definition) is 0. The van der Waals surface area contributed by atoms with Crippen molar-refractivity contribution in [2.24, 2.45) is 11.8 Å². The first-order chi connectivity index (χ1) is 13.9. The fourth-order valence-electron chi connectivity index (χ4n) is 4.72. The summed E-state index contributed by atoms with van der Waals surface area (Å²) in [5.74, 6) is 0.909. The fraction of sp³-hybridized carbons (Fsp3) is 0.286. The van der Waals surface area contributed by atoms with Crippen LogP contribution in [-0.4, -0.2) is 0 Å². The minimum Gasteiger partial charge on any atom is -0.0683 e. The van der Waals surface area contributed by atoms with Gasteiger partial charge in [-0.2, -0.15) is 0 Å². The third-order valence-corrected chi connectivity index (χ3v) is 5.51. The van der Waals surface area contributed by atoms with Gasteiger partial charge in [-0.1, -0.05) is 114 Å². The Morgan fingerprint density at radius 1 is 0.607 bits per heavy atom. The van der Waals surface area contributed by atoms with Gasteiger partial charge >= 0.3 is 0 Å². The Bertz CT molecular complexity index is 1060. The molecule has 0 saturated heterocycles. The Kier molecular flexibility index (Phi) is 6.19. The summed E-state index contributed by atoms with van der Waals surface area (Å²) < 4.78 is 0. The molecule has 0 radical (unpaired) electrons. The van der Waals surface area contributed by atoms with Crippen molar-refractivity contribution in [3.05, 3.63) is 99.0 Å². The summed E-state index contributed by atoms with van der Waals surface area (Å²) in [6, 6.07) is 6.71. The van der Waals surface area contributed by atoms with Crippen molar-refractivity contribution in [3.63, 3.8) is 0 Å².